The Balaban J connectivity index is 1.99. The molecule has 134 valence electrons. The first-order chi connectivity index (χ1) is 12.1. The number of benzene rings is 2. The zero-order valence-electron chi connectivity index (χ0n) is 15.2. The van der Waals surface area contributed by atoms with Crippen molar-refractivity contribution in [3.8, 4) is 11.5 Å². The fraction of sp³-hybridized carbons (Fsp3) is 0.381. The summed E-state index contributed by atoms with van der Waals surface area (Å²) in [5, 5.41) is 2.92. The molecule has 0 aliphatic carbocycles. The normalized spacial score (nSPS) is 11.6. The van der Waals surface area contributed by atoms with Crippen LogP contribution in [0.15, 0.2) is 48.5 Å². The lowest BCUT2D eigenvalue weighted by molar-refractivity contribution is -0.122. The van der Waals surface area contributed by atoms with E-state index in [-0.39, 0.29) is 5.91 Å². The summed E-state index contributed by atoms with van der Waals surface area (Å²) >= 11 is 0. The van der Waals surface area contributed by atoms with Gasteiger partial charge in [-0.15, -0.1) is 0 Å². The van der Waals surface area contributed by atoms with Crippen molar-refractivity contribution >= 4 is 11.6 Å². The number of aryl methyl sites for hydroxylation is 1. The van der Waals surface area contributed by atoms with Crippen LogP contribution in [0.4, 0.5) is 5.69 Å². The van der Waals surface area contributed by atoms with Gasteiger partial charge >= 0.3 is 0 Å². The summed E-state index contributed by atoms with van der Waals surface area (Å²) in [4.78, 5) is 12.6. The predicted octanol–water partition coefficient (Wildman–Crippen LogP) is 4.97. The molecule has 0 heterocycles. The van der Waals surface area contributed by atoms with Crippen molar-refractivity contribution in [2.75, 3.05) is 11.9 Å². The van der Waals surface area contributed by atoms with Crippen molar-refractivity contribution < 1.29 is 14.3 Å². The summed E-state index contributed by atoms with van der Waals surface area (Å²) in [5.41, 5.74) is 1.73. The molecule has 0 aliphatic rings. The zero-order valence-corrected chi connectivity index (χ0v) is 15.2. The van der Waals surface area contributed by atoms with E-state index in [1.54, 1.807) is 0 Å². The third-order valence-electron chi connectivity index (χ3n) is 3.89. The van der Waals surface area contributed by atoms with E-state index in [1.165, 1.54) is 0 Å². The van der Waals surface area contributed by atoms with Gasteiger partial charge in [0.05, 0.1) is 6.61 Å². The van der Waals surface area contributed by atoms with Crippen LogP contribution in [0.1, 0.15) is 38.7 Å². The largest absolute Gasteiger partial charge is 0.494 e. The third kappa shape index (κ3) is 5.82. The average Bonchev–Trinajstić information content (AvgIpc) is 2.61. The molecule has 2 aromatic rings. The Hall–Kier alpha value is -2.49. The molecular formula is C21H27NO3. The number of hydrogen-bond donors (Lipinski definition) is 1. The van der Waals surface area contributed by atoms with E-state index in [0.717, 1.165) is 29.9 Å². The average molecular weight is 341 g/mol. The highest BCUT2D eigenvalue weighted by Gasteiger charge is 2.19. The van der Waals surface area contributed by atoms with E-state index in [4.69, 9.17) is 9.47 Å². The highest BCUT2D eigenvalue weighted by atomic mass is 16.5. The van der Waals surface area contributed by atoms with Crippen LogP contribution in [0, 0.1) is 6.92 Å². The number of ether oxygens (including phenoxy) is 2. The second-order valence-corrected chi connectivity index (χ2v) is 6.00. The van der Waals surface area contributed by atoms with Gasteiger partial charge in [0.1, 0.15) is 11.5 Å². The zero-order chi connectivity index (χ0) is 18.1. The molecule has 0 bridgehead atoms. The SMILES string of the molecule is CCCCOc1cccc(NC(=O)C(CC)Oc2ccccc2C)c1. The molecule has 1 N–H and O–H groups in total. The Bertz CT molecular complexity index is 684. The number of amides is 1. The second-order valence-electron chi connectivity index (χ2n) is 6.00. The smallest absolute Gasteiger partial charge is 0.265 e. The number of anilines is 1. The van der Waals surface area contributed by atoms with E-state index in [2.05, 4.69) is 12.2 Å². The molecule has 0 aliphatic heterocycles. The minimum Gasteiger partial charge on any atom is -0.494 e. The first-order valence-corrected chi connectivity index (χ1v) is 8.90. The van der Waals surface area contributed by atoms with Crippen molar-refractivity contribution in [3.63, 3.8) is 0 Å². The standard InChI is InChI=1S/C21H27NO3/c1-4-6-14-24-18-12-9-11-17(15-18)22-21(23)19(5-2)25-20-13-8-7-10-16(20)3/h7-13,15,19H,4-6,14H2,1-3H3,(H,22,23). The molecule has 1 amide bonds. The molecule has 2 rings (SSSR count). The Kier molecular flexibility index (Phi) is 7.33. The van der Waals surface area contributed by atoms with Crippen LogP contribution in [0.2, 0.25) is 0 Å². The van der Waals surface area contributed by atoms with Crippen molar-refractivity contribution in [2.45, 2.75) is 46.1 Å². The van der Waals surface area contributed by atoms with E-state index >= 15 is 0 Å². The predicted molar refractivity (Wildman–Crippen MR) is 101 cm³/mol. The Labute approximate surface area is 150 Å². The van der Waals surface area contributed by atoms with Crippen LogP contribution in [-0.2, 0) is 4.79 Å². The minimum absolute atomic E-state index is 0.156. The Morgan fingerprint density at radius 3 is 2.64 bits per heavy atom. The summed E-state index contributed by atoms with van der Waals surface area (Å²) in [7, 11) is 0. The number of carbonyl (C=O) groups excluding carboxylic acids is 1. The lowest BCUT2D eigenvalue weighted by Crippen LogP contribution is -2.32. The highest BCUT2D eigenvalue weighted by molar-refractivity contribution is 5.94. The quantitative estimate of drug-likeness (QED) is 0.655. The molecule has 0 aromatic heterocycles. The lowest BCUT2D eigenvalue weighted by atomic mass is 10.2. The van der Waals surface area contributed by atoms with E-state index in [0.29, 0.717) is 18.7 Å². The molecule has 0 radical (unpaired) electrons. The molecule has 25 heavy (non-hydrogen) atoms. The van der Waals surface area contributed by atoms with E-state index < -0.39 is 6.10 Å². The van der Waals surface area contributed by atoms with Crippen LogP contribution >= 0.6 is 0 Å². The Morgan fingerprint density at radius 2 is 1.92 bits per heavy atom. The molecular weight excluding hydrogens is 314 g/mol. The first kappa shape index (κ1) is 18.8. The minimum atomic E-state index is -0.536. The van der Waals surface area contributed by atoms with Crippen LogP contribution in [-0.4, -0.2) is 18.6 Å². The molecule has 1 unspecified atom stereocenters. The molecule has 4 nitrogen and oxygen atoms in total. The summed E-state index contributed by atoms with van der Waals surface area (Å²) < 4.78 is 11.6. The number of unbranched alkanes of at least 4 members (excludes halogenated alkanes) is 1. The maximum Gasteiger partial charge on any atom is 0.265 e. The number of hydrogen-bond acceptors (Lipinski definition) is 3. The van der Waals surface area contributed by atoms with Crippen molar-refractivity contribution in [2.24, 2.45) is 0 Å². The van der Waals surface area contributed by atoms with Gasteiger partial charge in [-0.1, -0.05) is 44.5 Å². The van der Waals surface area contributed by atoms with Crippen LogP contribution in [0.25, 0.3) is 0 Å². The van der Waals surface area contributed by atoms with Gasteiger partial charge in [-0.2, -0.15) is 0 Å². The number of nitrogens with one attached hydrogen (secondary N) is 1. The fourth-order valence-corrected chi connectivity index (χ4v) is 2.38. The number of para-hydroxylation sites is 1. The van der Waals surface area contributed by atoms with Crippen molar-refractivity contribution in [3.05, 3.63) is 54.1 Å². The van der Waals surface area contributed by atoms with E-state index in [1.807, 2.05) is 62.4 Å². The topological polar surface area (TPSA) is 47.6 Å². The maximum atomic E-state index is 12.6. The summed E-state index contributed by atoms with van der Waals surface area (Å²) in [6, 6.07) is 15.2. The molecule has 0 saturated heterocycles. The van der Waals surface area contributed by atoms with Crippen LogP contribution < -0.4 is 14.8 Å². The summed E-state index contributed by atoms with van der Waals surface area (Å²) in [6.45, 7) is 6.71. The monoisotopic (exact) mass is 341 g/mol. The molecule has 0 saturated carbocycles. The van der Waals surface area contributed by atoms with Crippen molar-refractivity contribution in [1.82, 2.24) is 0 Å². The van der Waals surface area contributed by atoms with Gasteiger partial charge in [0.25, 0.3) is 5.91 Å². The number of rotatable bonds is 9. The van der Waals surface area contributed by atoms with Gasteiger partial charge in [-0.3, -0.25) is 4.79 Å². The summed E-state index contributed by atoms with van der Waals surface area (Å²) in [5.74, 6) is 1.34. The van der Waals surface area contributed by atoms with Gasteiger partial charge in [-0.05, 0) is 43.5 Å². The molecule has 2 aromatic carbocycles. The number of carbonyl (C=O) groups is 1. The van der Waals surface area contributed by atoms with Gasteiger partial charge in [0.15, 0.2) is 6.10 Å². The second kappa shape index (κ2) is 9.72. The third-order valence-corrected chi connectivity index (χ3v) is 3.89. The van der Waals surface area contributed by atoms with E-state index in [9.17, 15) is 4.79 Å². The van der Waals surface area contributed by atoms with Gasteiger partial charge in [-0.25, -0.2) is 0 Å². The molecule has 0 spiro atoms. The van der Waals surface area contributed by atoms with Gasteiger partial charge < -0.3 is 14.8 Å². The highest BCUT2D eigenvalue weighted by Crippen LogP contribution is 2.21. The lowest BCUT2D eigenvalue weighted by Gasteiger charge is -2.18. The first-order valence-electron chi connectivity index (χ1n) is 8.90. The van der Waals surface area contributed by atoms with Crippen LogP contribution in [0.3, 0.4) is 0 Å². The molecule has 1 atom stereocenters. The van der Waals surface area contributed by atoms with Gasteiger partial charge in [0.2, 0.25) is 0 Å². The molecule has 4 heteroatoms. The summed E-state index contributed by atoms with van der Waals surface area (Å²) in [6.07, 6.45) is 2.15. The Morgan fingerprint density at radius 1 is 1.12 bits per heavy atom. The maximum absolute atomic E-state index is 12.6. The van der Waals surface area contributed by atoms with Crippen molar-refractivity contribution in [1.29, 1.82) is 0 Å². The fourth-order valence-electron chi connectivity index (χ4n) is 2.38. The van der Waals surface area contributed by atoms with Gasteiger partial charge in [0, 0.05) is 11.8 Å². The molecule has 0 fully saturated rings. The van der Waals surface area contributed by atoms with Crippen LogP contribution in [0.5, 0.6) is 11.5 Å².